The Bertz CT molecular complexity index is 539. The molecular weight excluding hydrogens is 352 g/mol. The number of esters is 1. The molecule has 0 amide bonds. The molecule has 28 heavy (non-hydrogen) atoms. The summed E-state index contributed by atoms with van der Waals surface area (Å²) in [6, 6.07) is 0. The fourth-order valence-electron chi connectivity index (χ4n) is 5.01. The second-order valence-electron chi connectivity index (χ2n) is 8.98. The van der Waals surface area contributed by atoms with Gasteiger partial charge in [0.2, 0.25) is 0 Å². The maximum Gasteiger partial charge on any atom is 0.305 e. The van der Waals surface area contributed by atoms with Gasteiger partial charge < -0.3 is 14.9 Å². The van der Waals surface area contributed by atoms with Gasteiger partial charge >= 0.3 is 5.97 Å². The number of ether oxygens (including phenoxy) is 1. The van der Waals surface area contributed by atoms with Gasteiger partial charge in [0.1, 0.15) is 0 Å². The molecule has 0 aromatic carbocycles. The standard InChI is InChI=1S/C24H40O4/c1-4-5-8-17(2)13-20(25)11-12-21-22-15-18(14-19(22)16-23(21)26)9-6-7-10-24(27)28-3/h9,11-12,17,19-23,25-26H,4-8,10,13-16H2,1-3H3/t17-,19+,20-,21+,22-,23+/m0/s1. The van der Waals surface area contributed by atoms with Crippen LogP contribution in [0.1, 0.15) is 78.1 Å². The molecule has 2 N–H and O–H groups in total. The van der Waals surface area contributed by atoms with E-state index in [0.29, 0.717) is 24.2 Å². The quantitative estimate of drug-likeness (QED) is 0.301. The number of hydrogen-bond acceptors (Lipinski definition) is 4. The molecule has 0 saturated heterocycles. The summed E-state index contributed by atoms with van der Waals surface area (Å²) in [5, 5.41) is 20.8. The van der Waals surface area contributed by atoms with E-state index < -0.39 is 6.10 Å². The molecule has 0 heterocycles. The number of hydrogen-bond donors (Lipinski definition) is 2. The number of rotatable bonds is 11. The monoisotopic (exact) mass is 392 g/mol. The number of carbonyl (C=O) groups is 1. The number of carbonyl (C=O) groups excluding carboxylic acids is 1. The minimum Gasteiger partial charge on any atom is -0.469 e. The number of allylic oxidation sites excluding steroid dienone is 2. The second-order valence-corrected chi connectivity index (χ2v) is 8.98. The van der Waals surface area contributed by atoms with Crippen LogP contribution in [0.4, 0.5) is 0 Å². The first kappa shape index (κ1) is 23.2. The molecule has 0 bridgehead atoms. The number of aliphatic hydroxyl groups excluding tert-OH is 2. The highest BCUT2D eigenvalue weighted by Crippen LogP contribution is 2.50. The van der Waals surface area contributed by atoms with Crippen molar-refractivity contribution in [3.05, 3.63) is 23.8 Å². The molecule has 6 atom stereocenters. The molecule has 160 valence electrons. The van der Waals surface area contributed by atoms with Crippen molar-refractivity contribution in [1.29, 1.82) is 0 Å². The van der Waals surface area contributed by atoms with Crippen LogP contribution in [-0.2, 0) is 9.53 Å². The SMILES string of the molecule is CCCC[C@H](C)C[C@@H](O)C=C[C@@H]1[C@H]2CC(=CCCCC(=O)OC)C[C@@H]2C[C@H]1O. The largest absolute Gasteiger partial charge is 0.469 e. The van der Waals surface area contributed by atoms with Crippen LogP contribution in [0.15, 0.2) is 23.8 Å². The summed E-state index contributed by atoms with van der Waals surface area (Å²) < 4.78 is 4.68. The third-order valence-electron chi connectivity index (χ3n) is 6.61. The Balaban J connectivity index is 1.81. The van der Waals surface area contributed by atoms with E-state index in [0.717, 1.165) is 38.5 Å². The summed E-state index contributed by atoms with van der Waals surface area (Å²) in [6.45, 7) is 4.41. The minimum atomic E-state index is -0.409. The van der Waals surface area contributed by atoms with E-state index in [9.17, 15) is 15.0 Å². The zero-order valence-corrected chi connectivity index (χ0v) is 18.0. The highest BCUT2D eigenvalue weighted by atomic mass is 16.5. The number of aliphatic hydroxyl groups is 2. The van der Waals surface area contributed by atoms with E-state index in [1.165, 1.54) is 31.9 Å². The van der Waals surface area contributed by atoms with Crippen molar-refractivity contribution in [2.45, 2.75) is 90.3 Å². The molecule has 0 spiro atoms. The Hall–Kier alpha value is -1.13. The number of unbranched alkanes of at least 4 members (excludes halogenated alkanes) is 2. The molecule has 2 aliphatic carbocycles. The van der Waals surface area contributed by atoms with E-state index in [-0.39, 0.29) is 18.0 Å². The van der Waals surface area contributed by atoms with Crippen molar-refractivity contribution in [2.24, 2.45) is 23.7 Å². The van der Waals surface area contributed by atoms with Gasteiger partial charge in [0.25, 0.3) is 0 Å². The van der Waals surface area contributed by atoms with Gasteiger partial charge in [0.15, 0.2) is 0 Å². The Morgan fingerprint density at radius 3 is 2.82 bits per heavy atom. The van der Waals surface area contributed by atoms with Crippen molar-refractivity contribution in [1.82, 2.24) is 0 Å². The fraction of sp³-hybridized carbons (Fsp3) is 0.792. The fourth-order valence-corrected chi connectivity index (χ4v) is 5.01. The first-order valence-electron chi connectivity index (χ1n) is 11.2. The molecule has 2 saturated carbocycles. The van der Waals surface area contributed by atoms with E-state index >= 15 is 0 Å². The van der Waals surface area contributed by atoms with Crippen molar-refractivity contribution in [2.75, 3.05) is 7.11 Å². The molecule has 0 aromatic heterocycles. The average molecular weight is 393 g/mol. The van der Waals surface area contributed by atoms with Crippen LogP contribution < -0.4 is 0 Å². The number of methoxy groups -OCH3 is 1. The summed E-state index contributed by atoms with van der Waals surface area (Å²) >= 11 is 0. The summed E-state index contributed by atoms with van der Waals surface area (Å²) in [7, 11) is 1.43. The van der Waals surface area contributed by atoms with Crippen LogP contribution in [0.25, 0.3) is 0 Å². The zero-order valence-electron chi connectivity index (χ0n) is 18.0. The summed E-state index contributed by atoms with van der Waals surface area (Å²) in [4.78, 5) is 11.2. The molecule has 4 nitrogen and oxygen atoms in total. The van der Waals surface area contributed by atoms with E-state index in [4.69, 9.17) is 0 Å². The van der Waals surface area contributed by atoms with Crippen molar-refractivity contribution in [3.8, 4) is 0 Å². The predicted molar refractivity (Wildman–Crippen MR) is 113 cm³/mol. The van der Waals surface area contributed by atoms with Gasteiger partial charge in [-0.1, -0.05) is 56.9 Å². The van der Waals surface area contributed by atoms with Crippen LogP contribution in [0.3, 0.4) is 0 Å². The lowest BCUT2D eigenvalue weighted by atomic mass is 9.89. The van der Waals surface area contributed by atoms with Crippen LogP contribution in [0.5, 0.6) is 0 Å². The Kier molecular flexibility index (Phi) is 9.73. The highest BCUT2D eigenvalue weighted by molar-refractivity contribution is 5.69. The van der Waals surface area contributed by atoms with Crippen LogP contribution >= 0.6 is 0 Å². The van der Waals surface area contributed by atoms with Gasteiger partial charge in [0.05, 0.1) is 19.3 Å². The first-order chi connectivity index (χ1) is 13.4. The van der Waals surface area contributed by atoms with Gasteiger partial charge in [-0.3, -0.25) is 4.79 Å². The predicted octanol–water partition coefficient (Wildman–Crippen LogP) is 4.80. The zero-order chi connectivity index (χ0) is 20.5. The van der Waals surface area contributed by atoms with Gasteiger partial charge in [-0.15, -0.1) is 0 Å². The van der Waals surface area contributed by atoms with Crippen LogP contribution in [0, 0.1) is 23.7 Å². The molecule has 2 fully saturated rings. The van der Waals surface area contributed by atoms with E-state index in [2.05, 4.69) is 30.7 Å². The third kappa shape index (κ3) is 7.04. The maximum atomic E-state index is 11.2. The molecule has 0 radical (unpaired) electrons. The van der Waals surface area contributed by atoms with Gasteiger partial charge in [0, 0.05) is 12.3 Å². The topological polar surface area (TPSA) is 66.8 Å². The first-order valence-corrected chi connectivity index (χ1v) is 11.2. The lowest BCUT2D eigenvalue weighted by Gasteiger charge is -2.18. The van der Waals surface area contributed by atoms with Crippen molar-refractivity contribution >= 4 is 5.97 Å². The molecule has 2 rings (SSSR count). The number of fused-ring (bicyclic) bond motifs is 1. The van der Waals surface area contributed by atoms with Gasteiger partial charge in [-0.25, -0.2) is 0 Å². The van der Waals surface area contributed by atoms with E-state index in [1.54, 1.807) is 0 Å². The van der Waals surface area contributed by atoms with Crippen molar-refractivity contribution in [3.63, 3.8) is 0 Å². The summed E-state index contributed by atoms with van der Waals surface area (Å²) in [6.07, 6.45) is 15.2. The summed E-state index contributed by atoms with van der Waals surface area (Å²) in [5.74, 6) is 1.59. The van der Waals surface area contributed by atoms with Crippen molar-refractivity contribution < 1.29 is 19.7 Å². The minimum absolute atomic E-state index is 0.141. The molecule has 0 aromatic rings. The molecule has 2 aliphatic rings. The molecule has 0 aliphatic heterocycles. The van der Waals surface area contributed by atoms with Gasteiger partial charge in [-0.2, -0.15) is 0 Å². The molecule has 4 heteroatoms. The van der Waals surface area contributed by atoms with Crippen LogP contribution in [-0.4, -0.2) is 35.5 Å². The van der Waals surface area contributed by atoms with Crippen LogP contribution in [0.2, 0.25) is 0 Å². The molecule has 0 unspecified atom stereocenters. The lowest BCUT2D eigenvalue weighted by molar-refractivity contribution is -0.140. The Morgan fingerprint density at radius 1 is 1.32 bits per heavy atom. The lowest BCUT2D eigenvalue weighted by Crippen LogP contribution is -2.18. The second kappa shape index (κ2) is 11.8. The summed E-state index contributed by atoms with van der Waals surface area (Å²) in [5.41, 5.74) is 1.47. The average Bonchev–Trinajstić information content (AvgIpc) is 3.18. The normalized spacial score (nSPS) is 30.7. The Morgan fingerprint density at radius 2 is 2.11 bits per heavy atom. The van der Waals surface area contributed by atoms with E-state index in [1.807, 2.05) is 6.08 Å². The smallest absolute Gasteiger partial charge is 0.305 e. The maximum absolute atomic E-state index is 11.2. The van der Waals surface area contributed by atoms with Gasteiger partial charge in [-0.05, 0) is 56.3 Å². The highest BCUT2D eigenvalue weighted by Gasteiger charge is 2.44. The third-order valence-corrected chi connectivity index (χ3v) is 6.61. The molecular formula is C24H40O4. The Labute approximate surface area is 171 Å².